The Bertz CT molecular complexity index is 284. The van der Waals surface area contributed by atoms with Crippen molar-refractivity contribution in [3.05, 3.63) is 23.2 Å². The van der Waals surface area contributed by atoms with Crippen molar-refractivity contribution in [3.63, 3.8) is 0 Å². The van der Waals surface area contributed by atoms with Gasteiger partial charge in [-0.25, -0.2) is 0 Å². The third-order valence-corrected chi connectivity index (χ3v) is 2.39. The van der Waals surface area contributed by atoms with Crippen molar-refractivity contribution in [2.45, 2.75) is 6.92 Å². The van der Waals surface area contributed by atoms with Crippen LogP contribution in [0.1, 0.15) is 6.92 Å². The van der Waals surface area contributed by atoms with E-state index in [0.29, 0.717) is 17.3 Å². The molecule has 0 saturated carbocycles. The van der Waals surface area contributed by atoms with Crippen LogP contribution >= 0.6 is 11.6 Å². The van der Waals surface area contributed by atoms with E-state index in [9.17, 15) is 0 Å². The van der Waals surface area contributed by atoms with Gasteiger partial charge >= 0.3 is 0 Å². The third kappa shape index (κ3) is 2.30. The van der Waals surface area contributed by atoms with Crippen molar-refractivity contribution in [2.24, 2.45) is 0 Å². The second-order valence-corrected chi connectivity index (χ2v) is 3.39. The summed E-state index contributed by atoms with van der Waals surface area (Å²) in [6.07, 6.45) is 0. The van der Waals surface area contributed by atoms with Crippen LogP contribution in [0, 0.1) is 0 Å². The number of anilines is 2. The molecule has 0 aliphatic rings. The minimum Gasteiger partial charge on any atom is -0.397 e. The quantitative estimate of drug-likeness (QED) is 0.751. The molecular weight excluding hydrogens is 200 g/mol. The summed E-state index contributed by atoms with van der Waals surface area (Å²) in [7, 11) is 0. The average molecular weight is 215 g/mol. The largest absolute Gasteiger partial charge is 0.397 e. The number of aliphatic hydroxyl groups is 1. The Morgan fingerprint density at radius 2 is 2.21 bits per heavy atom. The van der Waals surface area contributed by atoms with Gasteiger partial charge in [0.1, 0.15) is 0 Å². The number of para-hydroxylation sites is 1. The van der Waals surface area contributed by atoms with Crippen molar-refractivity contribution >= 4 is 23.0 Å². The monoisotopic (exact) mass is 214 g/mol. The highest BCUT2D eigenvalue weighted by molar-refractivity contribution is 6.34. The molecule has 0 spiro atoms. The van der Waals surface area contributed by atoms with Crippen LogP contribution in [0.15, 0.2) is 18.2 Å². The summed E-state index contributed by atoms with van der Waals surface area (Å²) in [5, 5.41) is 9.51. The van der Waals surface area contributed by atoms with Gasteiger partial charge in [0.05, 0.1) is 23.0 Å². The van der Waals surface area contributed by atoms with E-state index in [-0.39, 0.29) is 6.61 Å². The molecule has 1 aromatic carbocycles. The molecule has 0 saturated heterocycles. The molecular formula is C10H15ClN2O. The lowest BCUT2D eigenvalue weighted by Gasteiger charge is -2.24. The van der Waals surface area contributed by atoms with Crippen molar-refractivity contribution < 1.29 is 5.11 Å². The average Bonchev–Trinajstić information content (AvgIpc) is 2.16. The predicted molar refractivity (Wildman–Crippen MR) is 60.8 cm³/mol. The molecule has 0 aliphatic heterocycles. The zero-order valence-electron chi connectivity index (χ0n) is 8.20. The lowest BCUT2D eigenvalue weighted by Crippen LogP contribution is -2.27. The number of nitrogen functional groups attached to an aromatic ring is 1. The maximum absolute atomic E-state index is 8.89. The fourth-order valence-corrected chi connectivity index (χ4v) is 1.72. The number of aliphatic hydroxyl groups excluding tert-OH is 1. The molecule has 0 fully saturated rings. The molecule has 4 heteroatoms. The van der Waals surface area contributed by atoms with Gasteiger partial charge in [0.15, 0.2) is 0 Å². The van der Waals surface area contributed by atoms with Gasteiger partial charge in [-0.2, -0.15) is 0 Å². The molecule has 3 N–H and O–H groups in total. The highest BCUT2D eigenvalue weighted by Crippen LogP contribution is 2.31. The maximum Gasteiger partial charge on any atom is 0.0789 e. The summed E-state index contributed by atoms with van der Waals surface area (Å²) < 4.78 is 0. The Kier molecular flexibility index (Phi) is 4.04. The molecule has 0 aromatic heterocycles. The van der Waals surface area contributed by atoms with E-state index < -0.39 is 0 Å². The van der Waals surface area contributed by atoms with Crippen LogP contribution in [0.3, 0.4) is 0 Å². The lowest BCUT2D eigenvalue weighted by molar-refractivity contribution is 0.302. The number of hydrogen-bond acceptors (Lipinski definition) is 3. The van der Waals surface area contributed by atoms with E-state index in [1.165, 1.54) is 0 Å². The zero-order chi connectivity index (χ0) is 10.6. The second kappa shape index (κ2) is 5.08. The topological polar surface area (TPSA) is 49.5 Å². The van der Waals surface area contributed by atoms with Crippen molar-refractivity contribution in [2.75, 3.05) is 30.3 Å². The molecule has 0 aliphatic carbocycles. The summed E-state index contributed by atoms with van der Waals surface area (Å²) in [6, 6.07) is 5.42. The van der Waals surface area contributed by atoms with E-state index in [4.69, 9.17) is 22.4 Å². The number of benzene rings is 1. The van der Waals surface area contributed by atoms with Gasteiger partial charge in [-0.3, -0.25) is 0 Å². The molecule has 0 unspecified atom stereocenters. The first-order valence-electron chi connectivity index (χ1n) is 4.60. The minimum atomic E-state index is 0.0957. The number of likely N-dealkylation sites (N-methyl/N-ethyl adjacent to an activating group) is 1. The number of nitrogens with zero attached hydrogens (tertiary/aromatic N) is 1. The van der Waals surface area contributed by atoms with Crippen LogP contribution in [0.25, 0.3) is 0 Å². The molecule has 14 heavy (non-hydrogen) atoms. The SMILES string of the molecule is CCN(CCO)c1c(N)cccc1Cl. The van der Waals surface area contributed by atoms with E-state index in [2.05, 4.69) is 0 Å². The smallest absolute Gasteiger partial charge is 0.0789 e. The summed E-state index contributed by atoms with van der Waals surface area (Å²) in [5.74, 6) is 0. The molecule has 1 rings (SSSR count). The predicted octanol–water partition coefficient (Wildman–Crippen LogP) is 1.74. The molecule has 0 amide bonds. The number of nitrogens with two attached hydrogens (primary N) is 1. The Morgan fingerprint density at radius 3 is 2.71 bits per heavy atom. The Morgan fingerprint density at radius 1 is 1.50 bits per heavy atom. The standard InChI is InChI=1S/C10H15ClN2O/c1-2-13(6-7-14)10-8(11)4-3-5-9(10)12/h3-5,14H,2,6-7,12H2,1H3. The van der Waals surface area contributed by atoms with Gasteiger partial charge < -0.3 is 15.7 Å². The zero-order valence-corrected chi connectivity index (χ0v) is 8.96. The van der Waals surface area contributed by atoms with Gasteiger partial charge in [-0.05, 0) is 19.1 Å². The molecule has 78 valence electrons. The summed E-state index contributed by atoms with van der Waals surface area (Å²) in [5.41, 5.74) is 7.28. The second-order valence-electron chi connectivity index (χ2n) is 2.98. The Labute approximate surface area is 89.1 Å². The van der Waals surface area contributed by atoms with Crippen LogP contribution < -0.4 is 10.6 Å². The summed E-state index contributed by atoms with van der Waals surface area (Å²) in [4.78, 5) is 1.96. The number of hydrogen-bond donors (Lipinski definition) is 2. The highest BCUT2D eigenvalue weighted by Gasteiger charge is 2.10. The number of halogens is 1. The van der Waals surface area contributed by atoms with Gasteiger partial charge in [0, 0.05) is 13.1 Å². The van der Waals surface area contributed by atoms with Crippen molar-refractivity contribution in [3.8, 4) is 0 Å². The maximum atomic E-state index is 8.89. The van der Waals surface area contributed by atoms with Crippen molar-refractivity contribution in [1.82, 2.24) is 0 Å². The first-order valence-corrected chi connectivity index (χ1v) is 4.98. The normalized spacial score (nSPS) is 10.2. The van der Waals surface area contributed by atoms with E-state index in [1.54, 1.807) is 12.1 Å². The fraction of sp³-hybridized carbons (Fsp3) is 0.400. The molecule has 0 atom stereocenters. The van der Waals surface area contributed by atoms with Gasteiger partial charge in [-0.15, -0.1) is 0 Å². The fourth-order valence-electron chi connectivity index (χ4n) is 1.41. The van der Waals surface area contributed by atoms with Crippen LogP contribution in [-0.4, -0.2) is 24.8 Å². The summed E-state index contributed by atoms with van der Waals surface area (Å²) >= 11 is 6.04. The molecule has 0 bridgehead atoms. The van der Waals surface area contributed by atoms with Gasteiger partial charge in [0.2, 0.25) is 0 Å². The molecule has 1 aromatic rings. The third-order valence-electron chi connectivity index (χ3n) is 2.09. The number of rotatable bonds is 4. The van der Waals surface area contributed by atoms with Gasteiger partial charge in [0.25, 0.3) is 0 Å². The minimum absolute atomic E-state index is 0.0957. The van der Waals surface area contributed by atoms with Crippen LogP contribution in [0.4, 0.5) is 11.4 Å². The Hall–Kier alpha value is -0.930. The first kappa shape index (κ1) is 11.1. The van der Waals surface area contributed by atoms with E-state index >= 15 is 0 Å². The van der Waals surface area contributed by atoms with Crippen LogP contribution in [-0.2, 0) is 0 Å². The molecule has 0 heterocycles. The van der Waals surface area contributed by atoms with Crippen LogP contribution in [0.5, 0.6) is 0 Å². The van der Waals surface area contributed by atoms with Crippen LogP contribution in [0.2, 0.25) is 5.02 Å². The molecule has 3 nitrogen and oxygen atoms in total. The lowest BCUT2D eigenvalue weighted by atomic mass is 10.2. The van der Waals surface area contributed by atoms with Crippen molar-refractivity contribution in [1.29, 1.82) is 0 Å². The molecule has 0 radical (unpaired) electrons. The van der Waals surface area contributed by atoms with E-state index in [1.807, 2.05) is 17.9 Å². The summed E-state index contributed by atoms with van der Waals surface area (Å²) in [6.45, 7) is 3.41. The van der Waals surface area contributed by atoms with Gasteiger partial charge in [-0.1, -0.05) is 17.7 Å². The van der Waals surface area contributed by atoms with E-state index in [0.717, 1.165) is 12.2 Å². The first-order chi connectivity index (χ1) is 6.70. The Balaban J connectivity index is 3.02. The highest BCUT2D eigenvalue weighted by atomic mass is 35.5.